The van der Waals surface area contributed by atoms with Gasteiger partial charge in [0.25, 0.3) is 0 Å². The van der Waals surface area contributed by atoms with Crippen LogP contribution in [0.2, 0.25) is 0 Å². The predicted octanol–water partition coefficient (Wildman–Crippen LogP) is 8.26. The normalized spacial score (nSPS) is 24.2. The van der Waals surface area contributed by atoms with Gasteiger partial charge in [0, 0.05) is 23.1 Å². The maximum atomic E-state index is 14.3. The summed E-state index contributed by atoms with van der Waals surface area (Å²) in [7, 11) is 0. The predicted molar refractivity (Wildman–Crippen MR) is 164 cm³/mol. The Hall–Kier alpha value is -3.90. The molecule has 0 unspecified atom stereocenters. The van der Waals surface area contributed by atoms with E-state index in [9.17, 15) is 4.79 Å². The van der Waals surface area contributed by atoms with Crippen LogP contribution in [-0.4, -0.2) is 20.3 Å². The molecule has 0 radical (unpaired) electrons. The van der Waals surface area contributed by atoms with Crippen molar-refractivity contribution >= 4 is 23.4 Å². The summed E-state index contributed by atoms with van der Waals surface area (Å²) in [5.74, 6) is 2.46. The quantitative estimate of drug-likeness (QED) is 0.184. The Morgan fingerprint density at radius 3 is 2.05 bits per heavy atom. The first-order valence-corrected chi connectivity index (χ1v) is 15.9. The molecule has 210 valence electrons. The SMILES string of the molecule is O=C(Oc1c(Cc2ccccc2)nc2c(Sc3ccccc3)nc(-c3ccccc3)cn12)C12CC3CC(CC(C3)C1)C2. The molecule has 4 aliphatic carbocycles. The van der Waals surface area contributed by atoms with Crippen LogP contribution in [0.15, 0.2) is 107 Å². The first-order chi connectivity index (χ1) is 20.6. The van der Waals surface area contributed by atoms with Crippen molar-refractivity contribution in [3.63, 3.8) is 0 Å². The van der Waals surface area contributed by atoms with Crippen molar-refractivity contribution in [3.05, 3.63) is 108 Å². The van der Waals surface area contributed by atoms with E-state index in [2.05, 4.69) is 36.4 Å². The van der Waals surface area contributed by atoms with Crippen LogP contribution in [-0.2, 0) is 11.2 Å². The molecule has 4 fully saturated rings. The van der Waals surface area contributed by atoms with E-state index in [0.717, 1.165) is 51.7 Å². The van der Waals surface area contributed by atoms with Gasteiger partial charge in [0.15, 0.2) is 5.65 Å². The summed E-state index contributed by atoms with van der Waals surface area (Å²) < 4.78 is 8.56. The molecular formula is C36H33N3O2S. The molecule has 4 saturated carbocycles. The van der Waals surface area contributed by atoms with Gasteiger partial charge in [0.05, 0.1) is 11.1 Å². The van der Waals surface area contributed by atoms with Crippen molar-refractivity contribution in [1.82, 2.24) is 14.4 Å². The van der Waals surface area contributed by atoms with E-state index in [1.807, 2.05) is 65.2 Å². The fourth-order valence-corrected chi connectivity index (χ4v) is 8.93. The molecule has 0 saturated heterocycles. The Bertz CT molecular complexity index is 1720. The van der Waals surface area contributed by atoms with E-state index in [0.29, 0.717) is 35.7 Å². The largest absolute Gasteiger partial charge is 0.406 e. The summed E-state index contributed by atoms with van der Waals surface area (Å²) in [4.78, 5) is 25.6. The van der Waals surface area contributed by atoms with Gasteiger partial charge in [-0.2, -0.15) is 0 Å². The van der Waals surface area contributed by atoms with E-state index < -0.39 is 0 Å². The number of rotatable bonds is 7. The van der Waals surface area contributed by atoms with Crippen molar-refractivity contribution in [3.8, 4) is 17.1 Å². The zero-order chi connectivity index (χ0) is 28.1. The lowest BCUT2D eigenvalue weighted by atomic mass is 9.49. The van der Waals surface area contributed by atoms with E-state index >= 15 is 0 Å². The highest BCUT2D eigenvalue weighted by atomic mass is 32.2. The minimum Gasteiger partial charge on any atom is -0.406 e. The molecule has 5 aromatic rings. The van der Waals surface area contributed by atoms with Crippen LogP contribution in [0, 0.1) is 23.2 Å². The highest BCUT2D eigenvalue weighted by Gasteiger charge is 2.56. The maximum Gasteiger partial charge on any atom is 0.318 e. The number of aromatic nitrogens is 3. The Morgan fingerprint density at radius 2 is 1.40 bits per heavy atom. The van der Waals surface area contributed by atoms with Crippen molar-refractivity contribution < 1.29 is 9.53 Å². The summed E-state index contributed by atoms with van der Waals surface area (Å²) in [5.41, 5.74) is 4.06. The molecule has 4 aliphatic rings. The number of imidazole rings is 1. The summed E-state index contributed by atoms with van der Waals surface area (Å²) in [6.45, 7) is 0. The number of nitrogens with zero attached hydrogens (tertiary/aromatic N) is 3. The first kappa shape index (κ1) is 25.8. The van der Waals surface area contributed by atoms with Crippen LogP contribution in [0.25, 0.3) is 16.9 Å². The van der Waals surface area contributed by atoms with Crippen molar-refractivity contribution in [1.29, 1.82) is 0 Å². The standard InChI is InChI=1S/C36H33N3O2S/c40-35(36-20-25-16-26(21-36)18-27(17-25)22-36)41-34-30(19-24-10-4-1-5-11-24)37-32-33(42-29-14-8-3-9-15-29)38-31(23-39(32)34)28-12-6-2-7-13-28/h1-15,23,25-27H,16-22H2. The molecule has 0 spiro atoms. The molecule has 4 bridgehead atoms. The topological polar surface area (TPSA) is 56.5 Å². The third-order valence-corrected chi connectivity index (χ3v) is 10.5. The van der Waals surface area contributed by atoms with Gasteiger partial charge in [-0.3, -0.25) is 9.20 Å². The second kappa shape index (κ2) is 10.4. The third kappa shape index (κ3) is 4.72. The zero-order valence-electron chi connectivity index (χ0n) is 23.5. The van der Waals surface area contributed by atoms with Gasteiger partial charge >= 0.3 is 5.97 Å². The average Bonchev–Trinajstić information content (AvgIpc) is 3.34. The molecule has 5 nitrogen and oxygen atoms in total. The second-order valence-corrected chi connectivity index (χ2v) is 13.6. The van der Waals surface area contributed by atoms with Crippen LogP contribution in [0.4, 0.5) is 0 Å². The van der Waals surface area contributed by atoms with Crippen LogP contribution in [0.1, 0.15) is 49.8 Å². The van der Waals surface area contributed by atoms with Gasteiger partial charge in [0.2, 0.25) is 5.88 Å². The number of esters is 1. The monoisotopic (exact) mass is 571 g/mol. The van der Waals surface area contributed by atoms with Crippen molar-refractivity contribution in [2.45, 2.75) is 54.9 Å². The summed E-state index contributed by atoms with van der Waals surface area (Å²) >= 11 is 1.59. The van der Waals surface area contributed by atoms with Crippen LogP contribution < -0.4 is 4.74 Å². The van der Waals surface area contributed by atoms with Crippen LogP contribution in [0.5, 0.6) is 5.88 Å². The minimum absolute atomic E-state index is 0.0620. The van der Waals surface area contributed by atoms with Gasteiger partial charge in [-0.05, 0) is 74.0 Å². The smallest absolute Gasteiger partial charge is 0.318 e. The highest BCUT2D eigenvalue weighted by molar-refractivity contribution is 7.99. The lowest BCUT2D eigenvalue weighted by Crippen LogP contribution is -2.51. The minimum atomic E-state index is -0.361. The van der Waals surface area contributed by atoms with Gasteiger partial charge in [-0.1, -0.05) is 90.6 Å². The van der Waals surface area contributed by atoms with Crippen LogP contribution >= 0.6 is 11.8 Å². The Labute approximate surface area is 250 Å². The van der Waals surface area contributed by atoms with Gasteiger partial charge < -0.3 is 4.74 Å². The van der Waals surface area contributed by atoms with Gasteiger partial charge in [0.1, 0.15) is 10.7 Å². The fourth-order valence-electron chi connectivity index (χ4n) is 8.03. The Kier molecular flexibility index (Phi) is 6.40. The second-order valence-electron chi connectivity index (χ2n) is 12.5. The Morgan fingerprint density at radius 1 is 0.810 bits per heavy atom. The summed E-state index contributed by atoms with van der Waals surface area (Å²) in [6.07, 6.45) is 9.32. The molecule has 3 aromatic carbocycles. The number of hydrogen-bond donors (Lipinski definition) is 0. The summed E-state index contributed by atoms with van der Waals surface area (Å²) in [5, 5.41) is 0.786. The lowest BCUT2D eigenvalue weighted by Gasteiger charge is -2.55. The summed E-state index contributed by atoms with van der Waals surface area (Å²) in [6, 6.07) is 30.7. The molecule has 0 amide bonds. The van der Waals surface area contributed by atoms with E-state index in [4.69, 9.17) is 14.7 Å². The number of ether oxygens (including phenoxy) is 1. The van der Waals surface area contributed by atoms with Gasteiger partial charge in [-0.15, -0.1) is 0 Å². The average molecular weight is 572 g/mol. The number of hydrogen-bond acceptors (Lipinski definition) is 5. The highest BCUT2D eigenvalue weighted by Crippen LogP contribution is 2.60. The Balaban J connectivity index is 1.27. The molecular weight excluding hydrogens is 538 g/mol. The molecule has 6 heteroatoms. The molecule has 2 heterocycles. The molecule has 0 N–H and O–H groups in total. The van der Waals surface area contributed by atoms with E-state index in [-0.39, 0.29) is 11.4 Å². The first-order valence-electron chi connectivity index (χ1n) is 15.1. The lowest BCUT2D eigenvalue weighted by molar-refractivity contribution is -0.161. The number of carbonyl (C=O) groups is 1. The number of benzene rings is 3. The van der Waals surface area contributed by atoms with Crippen molar-refractivity contribution in [2.24, 2.45) is 23.2 Å². The molecule has 0 atom stereocenters. The molecule has 0 aliphatic heterocycles. The van der Waals surface area contributed by atoms with Crippen LogP contribution in [0.3, 0.4) is 0 Å². The van der Waals surface area contributed by atoms with E-state index in [1.54, 1.807) is 11.8 Å². The molecule has 2 aromatic heterocycles. The fraction of sp³-hybridized carbons (Fsp3) is 0.306. The molecule has 9 rings (SSSR count). The molecule has 42 heavy (non-hydrogen) atoms. The van der Waals surface area contributed by atoms with Gasteiger partial charge in [-0.25, -0.2) is 9.97 Å². The van der Waals surface area contributed by atoms with E-state index in [1.165, 1.54) is 19.3 Å². The number of fused-ring (bicyclic) bond motifs is 1. The maximum absolute atomic E-state index is 14.3. The number of carbonyl (C=O) groups excluding carboxylic acids is 1. The zero-order valence-corrected chi connectivity index (χ0v) is 24.3. The third-order valence-electron chi connectivity index (χ3n) is 9.50. The van der Waals surface area contributed by atoms with Crippen molar-refractivity contribution in [2.75, 3.05) is 0 Å².